The lowest BCUT2D eigenvalue weighted by atomic mass is 10.2. The van der Waals surface area contributed by atoms with Gasteiger partial charge < -0.3 is 5.32 Å². The zero-order valence-corrected chi connectivity index (χ0v) is 12.2. The van der Waals surface area contributed by atoms with Crippen LogP contribution in [0.5, 0.6) is 0 Å². The molecule has 2 nitrogen and oxygen atoms in total. The van der Waals surface area contributed by atoms with Crippen molar-refractivity contribution in [3.8, 4) is 0 Å². The van der Waals surface area contributed by atoms with E-state index in [0.717, 1.165) is 15.4 Å². The Balaban J connectivity index is 2.01. The van der Waals surface area contributed by atoms with Crippen molar-refractivity contribution >= 4 is 44.8 Å². The van der Waals surface area contributed by atoms with Crippen molar-refractivity contribution < 1.29 is 9.18 Å². The van der Waals surface area contributed by atoms with Gasteiger partial charge in [-0.1, -0.05) is 11.6 Å². The van der Waals surface area contributed by atoms with Crippen LogP contribution >= 0.6 is 38.9 Å². The fourth-order valence-corrected chi connectivity index (χ4v) is 2.86. The number of hydrogen-bond acceptors (Lipinski definition) is 2. The molecule has 2 aromatic rings. The second-order valence-corrected chi connectivity index (χ2v) is 5.86. The van der Waals surface area contributed by atoms with Gasteiger partial charge in [-0.3, -0.25) is 4.79 Å². The third kappa shape index (κ3) is 3.31. The first-order valence-corrected chi connectivity index (χ1v) is 7.07. The Kier molecular flexibility index (Phi) is 4.37. The zero-order valence-electron chi connectivity index (χ0n) is 9.04. The molecule has 0 bridgehead atoms. The van der Waals surface area contributed by atoms with Gasteiger partial charge in [0, 0.05) is 20.3 Å². The average molecular weight is 349 g/mol. The van der Waals surface area contributed by atoms with Crippen molar-refractivity contribution in [3.63, 3.8) is 0 Å². The minimum absolute atomic E-state index is 0.00809. The Morgan fingerprint density at radius 1 is 1.44 bits per heavy atom. The lowest BCUT2D eigenvalue weighted by Crippen LogP contribution is -2.22. The molecule has 0 saturated carbocycles. The number of amides is 1. The number of rotatable bonds is 3. The van der Waals surface area contributed by atoms with E-state index >= 15 is 0 Å². The lowest BCUT2D eigenvalue weighted by molar-refractivity contribution is 0.0951. The van der Waals surface area contributed by atoms with Gasteiger partial charge in [0.1, 0.15) is 5.82 Å². The Labute approximate surface area is 121 Å². The Morgan fingerprint density at radius 3 is 2.83 bits per heavy atom. The van der Waals surface area contributed by atoms with Crippen LogP contribution in [0.4, 0.5) is 4.39 Å². The van der Waals surface area contributed by atoms with Crippen LogP contribution in [0.25, 0.3) is 0 Å². The molecule has 0 fully saturated rings. The van der Waals surface area contributed by atoms with E-state index in [1.807, 2.05) is 11.4 Å². The van der Waals surface area contributed by atoms with E-state index in [2.05, 4.69) is 21.2 Å². The van der Waals surface area contributed by atoms with Crippen LogP contribution in [0.15, 0.2) is 34.1 Å². The second-order valence-electron chi connectivity index (χ2n) is 3.54. The number of carbonyl (C=O) groups is 1. The third-order valence-electron chi connectivity index (χ3n) is 2.23. The molecular weight excluding hydrogens is 341 g/mol. The van der Waals surface area contributed by atoms with Crippen LogP contribution in [0.1, 0.15) is 15.2 Å². The molecule has 0 aliphatic heterocycles. The van der Waals surface area contributed by atoms with E-state index in [-0.39, 0.29) is 16.5 Å². The largest absolute Gasteiger partial charge is 0.347 e. The summed E-state index contributed by atoms with van der Waals surface area (Å²) in [5.74, 6) is -0.918. The van der Waals surface area contributed by atoms with Crippen LogP contribution in [0, 0.1) is 5.82 Å². The number of carbonyl (C=O) groups excluding carboxylic acids is 1. The second kappa shape index (κ2) is 5.82. The molecule has 1 aromatic heterocycles. The summed E-state index contributed by atoms with van der Waals surface area (Å²) in [4.78, 5) is 12.8. The molecule has 6 heteroatoms. The van der Waals surface area contributed by atoms with Gasteiger partial charge in [0.15, 0.2) is 0 Å². The number of thiophene rings is 1. The van der Waals surface area contributed by atoms with E-state index in [0.29, 0.717) is 6.54 Å². The van der Waals surface area contributed by atoms with Gasteiger partial charge in [-0.15, -0.1) is 11.3 Å². The zero-order chi connectivity index (χ0) is 13.1. The highest BCUT2D eigenvalue weighted by atomic mass is 79.9. The fourth-order valence-electron chi connectivity index (χ4n) is 1.35. The van der Waals surface area contributed by atoms with Gasteiger partial charge in [-0.25, -0.2) is 4.39 Å². The van der Waals surface area contributed by atoms with Gasteiger partial charge in [0.05, 0.1) is 11.6 Å². The molecule has 94 valence electrons. The lowest BCUT2D eigenvalue weighted by Gasteiger charge is -2.04. The van der Waals surface area contributed by atoms with Crippen molar-refractivity contribution in [1.82, 2.24) is 5.32 Å². The van der Waals surface area contributed by atoms with Crippen LogP contribution in [-0.4, -0.2) is 5.91 Å². The van der Waals surface area contributed by atoms with E-state index in [9.17, 15) is 9.18 Å². The number of hydrogen-bond donors (Lipinski definition) is 1. The first-order chi connectivity index (χ1) is 8.56. The van der Waals surface area contributed by atoms with Gasteiger partial charge >= 0.3 is 0 Å². The SMILES string of the molecule is O=C(NCc1cc(Br)cs1)c1ccc(Cl)c(F)c1. The molecule has 18 heavy (non-hydrogen) atoms. The molecule has 0 aliphatic rings. The summed E-state index contributed by atoms with van der Waals surface area (Å²) in [5.41, 5.74) is 0.257. The Hall–Kier alpha value is -0.910. The molecule has 0 unspecified atom stereocenters. The summed E-state index contributed by atoms with van der Waals surface area (Å²) in [7, 11) is 0. The molecule has 0 aliphatic carbocycles. The van der Waals surface area contributed by atoms with Crippen molar-refractivity contribution in [2.75, 3.05) is 0 Å². The summed E-state index contributed by atoms with van der Waals surface area (Å²) in [6.07, 6.45) is 0. The normalized spacial score (nSPS) is 10.4. The molecule has 0 saturated heterocycles. The third-order valence-corrected chi connectivity index (χ3v) is 4.23. The van der Waals surface area contributed by atoms with E-state index in [1.54, 1.807) is 0 Å². The summed E-state index contributed by atoms with van der Waals surface area (Å²) < 4.78 is 14.2. The van der Waals surface area contributed by atoms with Crippen LogP contribution in [-0.2, 0) is 6.54 Å². The topological polar surface area (TPSA) is 29.1 Å². The first kappa shape index (κ1) is 13.5. The fraction of sp³-hybridized carbons (Fsp3) is 0.0833. The molecule has 0 atom stereocenters. The molecule has 1 N–H and O–H groups in total. The maximum Gasteiger partial charge on any atom is 0.251 e. The highest BCUT2D eigenvalue weighted by Crippen LogP contribution is 2.20. The molecule has 1 aromatic carbocycles. The maximum absolute atomic E-state index is 13.2. The summed E-state index contributed by atoms with van der Waals surface area (Å²) >= 11 is 10.4. The molecular formula is C12H8BrClFNOS. The van der Waals surface area contributed by atoms with Crippen LogP contribution < -0.4 is 5.32 Å². The van der Waals surface area contributed by atoms with Crippen LogP contribution in [0.3, 0.4) is 0 Å². The predicted molar refractivity (Wildman–Crippen MR) is 74.6 cm³/mol. The molecule has 2 rings (SSSR count). The molecule has 1 amide bonds. The smallest absolute Gasteiger partial charge is 0.251 e. The molecule has 0 radical (unpaired) electrons. The minimum atomic E-state index is -0.594. The van der Waals surface area contributed by atoms with Gasteiger partial charge in [0.2, 0.25) is 0 Å². The molecule has 1 heterocycles. The van der Waals surface area contributed by atoms with Gasteiger partial charge in [-0.05, 0) is 40.2 Å². The highest BCUT2D eigenvalue weighted by Gasteiger charge is 2.09. The van der Waals surface area contributed by atoms with Crippen molar-refractivity contribution in [3.05, 3.63) is 55.4 Å². The maximum atomic E-state index is 13.2. The standard InChI is InChI=1S/C12H8BrClFNOS/c13-8-4-9(18-6-8)5-16-12(17)7-1-2-10(14)11(15)3-7/h1-4,6H,5H2,(H,16,17). The van der Waals surface area contributed by atoms with Crippen LogP contribution in [0.2, 0.25) is 5.02 Å². The minimum Gasteiger partial charge on any atom is -0.347 e. The quantitative estimate of drug-likeness (QED) is 0.883. The summed E-state index contributed by atoms with van der Waals surface area (Å²) in [5, 5.41) is 4.66. The summed E-state index contributed by atoms with van der Waals surface area (Å²) in [6, 6.07) is 5.91. The van der Waals surface area contributed by atoms with Crippen molar-refractivity contribution in [2.24, 2.45) is 0 Å². The number of benzene rings is 1. The molecule has 0 spiro atoms. The number of nitrogens with one attached hydrogen (secondary N) is 1. The Bertz CT molecular complexity index is 587. The summed E-state index contributed by atoms with van der Waals surface area (Å²) in [6.45, 7) is 0.416. The van der Waals surface area contributed by atoms with E-state index in [4.69, 9.17) is 11.6 Å². The first-order valence-electron chi connectivity index (χ1n) is 5.02. The van der Waals surface area contributed by atoms with Crippen molar-refractivity contribution in [1.29, 1.82) is 0 Å². The Morgan fingerprint density at radius 2 is 2.22 bits per heavy atom. The van der Waals surface area contributed by atoms with E-state index < -0.39 is 5.82 Å². The predicted octanol–water partition coefficient (Wildman–Crippen LogP) is 4.23. The highest BCUT2D eigenvalue weighted by molar-refractivity contribution is 9.10. The monoisotopic (exact) mass is 347 g/mol. The van der Waals surface area contributed by atoms with Gasteiger partial charge in [0.25, 0.3) is 5.91 Å². The van der Waals surface area contributed by atoms with Crippen molar-refractivity contribution in [2.45, 2.75) is 6.54 Å². The van der Waals surface area contributed by atoms with E-state index in [1.165, 1.54) is 23.5 Å². The average Bonchev–Trinajstić information content (AvgIpc) is 2.75. The number of halogens is 3. The van der Waals surface area contributed by atoms with Gasteiger partial charge in [-0.2, -0.15) is 0 Å².